The Labute approximate surface area is 79.4 Å². The Morgan fingerprint density at radius 2 is 1.92 bits per heavy atom. The van der Waals surface area contributed by atoms with Gasteiger partial charge in [-0.05, 0) is 30.9 Å². The molecule has 1 saturated heterocycles. The molecular formula is C12H15N. The molecule has 0 amide bonds. The summed E-state index contributed by atoms with van der Waals surface area (Å²) in [5.41, 5.74) is 1.42. The molecule has 1 aromatic rings. The van der Waals surface area contributed by atoms with E-state index in [-0.39, 0.29) is 0 Å². The molecule has 1 heteroatoms. The maximum atomic E-state index is 2.57. The molecule has 2 aliphatic rings. The first kappa shape index (κ1) is 7.43. The topological polar surface area (TPSA) is 3.24 Å². The molecule has 0 N–H and O–H groups in total. The van der Waals surface area contributed by atoms with E-state index in [1.807, 2.05) is 0 Å². The molecule has 0 aromatic heterocycles. The van der Waals surface area contributed by atoms with Gasteiger partial charge in [0.15, 0.2) is 0 Å². The highest BCUT2D eigenvalue weighted by atomic mass is 15.2. The van der Waals surface area contributed by atoms with Crippen LogP contribution in [0.2, 0.25) is 0 Å². The molecule has 0 bridgehead atoms. The van der Waals surface area contributed by atoms with E-state index in [1.54, 1.807) is 0 Å². The van der Waals surface area contributed by atoms with Crippen LogP contribution in [0.5, 0.6) is 0 Å². The van der Waals surface area contributed by atoms with E-state index in [1.165, 1.54) is 31.5 Å². The minimum Gasteiger partial charge on any atom is -0.368 e. The predicted molar refractivity (Wildman–Crippen MR) is 54.9 cm³/mol. The van der Waals surface area contributed by atoms with Crippen LogP contribution < -0.4 is 4.90 Å². The number of hydrogen-bond acceptors (Lipinski definition) is 1. The van der Waals surface area contributed by atoms with E-state index in [9.17, 15) is 0 Å². The number of fused-ring (bicyclic) bond motifs is 1. The third-order valence-electron chi connectivity index (χ3n) is 3.54. The van der Waals surface area contributed by atoms with Crippen LogP contribution in [-0.4, -0.2) is 12.6 Å². The first-order valence-corrected chi connectivity index (χ1v) is 5.27. The van der Waals surface area contributed by atoms with Crippen LogP contribution >= 0.6 is 0 Å². The van der Waals surface area contributed by atoms with Gasteiger partial charge in [-0.2, -0.15) is 0 Å². The fraction of sp³-hybridized carbons (Fsp3) is 0.500. The van der Waals surface area contributed by atoms with Gasteiger partial charge in [0, 0.05) is 18.3 Å². The van der Waals surface area contributed by atoms with Crippen LogP contribution in [0, 0.1) is 5.92 Å². The average Bonchev–Trinajstić information content (AvgIpc) is 2.50. The van der Waals surface area contributed by atoms with E-state index in [0.29, 0.717) is 0 Å². The van der Waals surface area contributed by atoms with E-state index in [2.05, 4.69) is 35.2 Å². The van der Waals surface area contributed by atoms with Crippen LogP contribution in [0.15, 0.2) is 30.3 Å². The fourth-order valence-electron chi connectivity index (χ4n) is 2.81. The highest BCUT2D eigenvalue weighted by Crippen LogP contribution is 2.41. The molecule has 1 aromatic carbocycles. The Hall–Kier alpha value is -0.980. The van der Waals surface area contributed by atoms with E-state index < -0.39 is 0 Å². The van der Waals surface area contributed by atoms with Crippen molar-refractivity contribution in [3.63, 3.8) is 0 Å². The van der Waals surface area contributed by atoms with E-state index in [0.717, 1.165) is 12.0 Å². The van der Waals surface area contributed by atoms with Crippen molar-refractivity contribution in [3.05, 3.63) is 30.3 Å². The summed E-state index contributed by atoms with van der Waals surface area (Å²) in [6.45, 7) is 1.30. The summed E-state index contributed by atoms with van der Waals surface area (Å²) in [4.78, 5) is 2.57. The molecule has 0 spiro atoms. The van der Waals surface area contributed by atoms with Crippen molar-refractivity contribution < 1.29 is 0 Å². The second-order valence-electron chi connectivity index (χ2n) is 4.25. The van der Waals surface area contributed by atoms with Crippen LogP contribution in [0.1, 0.15) is 19.3 Å². The molecule has 1 saturated carbocycles. The molecule has 1 aliphatic carbocycles. The Bertz CT molecular complexity index is 293. The van der Waals surface area contributed by atoms with Crippen molar-refractivity contribution in [2.75, 3.05) is 11.4 Å². The zero-order valence-electron chi connectivity index (χ0n) is 7.82. The second-order valence-corrected chi connectivity index (χ2v) is 4.25. The summed E-state index contributed by atoms with van der Waals surface area (Å²) in [6, 6.07) is 11.7. The minimum absolute atomic E-state index is 0.877. The lowest BCUT2D eigenvalue weighted by Gasteiger charge is -2.46. The van der Waals surface area contributed by atoms with Crippen molar-refractivity contribution in [2.45, 2.75) is 25.3 Å². The minimum atomic E-state index is 0.877. The average molecular weight is 173 g/mol. The van der Waals surface area contributed by atoms with Gasteiger partial charge in [-0.25, -0.2) is 0 Å². The third-order valence-corrected chi connectivity index (χ3v) is 3.54. The van der Waals surface area contributed by atoms with Gasteiger partial charge in [0.2, 0.25) is 0 Å². The molecular weight excluding hydrogens is 158 g/mol. The molecule has 13 heavy (non-hydrogen) atoms. The molecule has 1 nitrogen and oxygen atoms in total. The summed E-state index contributed by atoms with van der Waals surface area (Å²) in [5.74, 6) is 1.01. The number of hydrogen-bond donors (Lipinski definition) is 0. The maximum absolute atomic E-state index is 2.57. The summed E-state index contributed by atoms with van der Waals surface area (Å²) < 4.78 is 0. The lowest BCUT2D eigenvalue weighted by Crippen LogP contribution is -2.53. The molecule has 0 radical (unpaired) electrons. The molecule has 2 atom stereocenters. The zero-order valence-corrected chi connectivity index (χ0v) is 7.82. The SMILES string of the molecule is c1ccc(N2C[C@@H]3CCC[C@@H]32)cc1. The van der Waals surface area contributed by atoms with Gasteiger partial charge in [-0.3, -0.25) is 0 Å². The van der Waals surface area contributed by atoms with Crippen molar-refractivity contribution in [3.8, 4) is 0 Å². The van der Waals surface area contributed by atoms with Gasteiger partial charge in [0.1, 0.15) is 0 Å². The predicted octanol–water partition coefficient (Wildman–Crippen LogP) is 2.68. The highest BCUT2D eigenvalue weighted by Gasteiger charge is 2.41. The number of nitrogens with zero attached hydrogens (tertiary/aromatic N) is 1. The van der Waals surface area contributed by atoms with Crippen molar-refractivity contribution in [1.82, 2.24) is 0 Å². The van der Waals surface area contributed by atoms with Crippen molar-refractivity contribution >= 4 is 5.69 Å². The number of rotatable bonds is 1. The van der Waals surface area contributed by atoms with Crippen molar-refractivity contribution in [2.24, 2.45) is 5.92 Å². The summed E-state index contributed by atoms with van der Waals surface area (Å²) in [7, 11) is 0. The standard InChI is InChI=1S/C12H15N/c1-2-6-11(7-3-1)13-9-10-5-4-8-12(10)13/h1-3,6-7,10,12H,4-5,8-9H2/t10-,12-/m0/s1. The molecule has 1 heterocycles. The number of para-hydroxylation sites is 1. The largest absolute Gasteiger partial charge is 0.368 e. The smallest absolute Gasteiger partial charge is 0.0368 e. The Morgan fingerprint density at radius 3 is 2.69 bits per heavy atom. The first-order chi connectivity index (χ1) is 6.45. The van der Waals surface area contributed by atoms with Crippen LogP contribution in [0.4, 0.5) is 5.69 Å². The van der Waals surface area contributed by atoms with Gasteiger partial charge in [-0.1, -0.05) is 24.6 Å². The maximum Gasteiger partial charge on any atom is 0.0368 e. The van der Waals surface area contributed by atoms with Gasteiger partial charge < -0.3 is 4.90 Å². The fourth-order valence-corrected chi connectivity index (χ4v) is 2.81. The second kappa shape index (κ2) is 2.76. The van der Waals surface area contributed by atoms with E-state index >= 15 is 0 Å². The highest BCUT2D eigenvalue weighted by molar-refractivity contribution is 5.50. The molecule has 0 unspecified atom stereocenters. The normalized spacial score (nSPS) is 31.2. The lowest BCUT2D eigenvalue weighted by atomic mass is 9.91. The summed E-state index contributed by atoms with van der Waals surface area (Å²) in [6.07, 6.45) is 4.33. The van der Waals surface area contributed by atoms with E-state index in [4.69, 9.17) is 0 Å². The van der Waals surface area contributed by atoms with Gasteiger partial charge >= 0.3 is 0 Å². The zero-order chi connectivity index (χ0) is 8.67. The number of anilines is 1. The molecule has 3 rings (SSSR count). The van der Waals surface area contributed by atoms with Gasteiger partial charge in [0.05, 0.1) is 0 Å². The van der Waals surface area contributed by atoms with Gasteiger partial charge in [0.25, 0.3) is 0 Å². The number of benzene rings is 1. The Kier molecular flexibility index (Phi) is 1.58. The third kappa shape index (κ3) is 1.06. The van der Waals surface area contributed by atoms with Crippen LogP contribution in [0.25, 0.3) is 0 Å². The lowest BCUT2D eigenvalue weighted by molar-refractivity contribution is 0.339. The monoisotopic (exact) mass is 173 g/mol. The van der Waals surface area contributed by atoms with Gasteiger partial charge in [-0.15, -0.1) is 0 Å². The molecule has 68 valence electrons. The summed E-state index contributed by atoms with van der Waals surface area (Å²) in [5, 5.41) is 0. The summed E-state index contributed by atoms with van der Waals surface area (Å²) >= 11 is 0. The first-order valence-electron chi connectivity index (χ1n) is 5.27. The Morgan fingerprint density at radius 1 is 1.08 bits per heavy atom. The van der Waals surface area contributed by atoms with Crippen LogP contribution in [0.3, 0.4) is 0 Å². The Balaban J connectivity index is 1.81. The molecule has 1 aliphatic heterocycles. The quantitative estimate of drug-likeness (QED) is 0.631. The van der Waals surface area contributed by atoms with Crippen LogP contribution in [-0.2, 0) is 0 Å². The molecule has 2 fully saturated rings. The van der Waals surface area contributed by atoms with Crippen molar-refractivity contribution in [1.29, 1.82) is 0 Å².